The lowest BCUT2D eigenvalue weighted by atomic mass is 10.1. The first-order valence-corrected chi connectivity index (χ1v) is 11.9. The van der Waals surface area contributed by atoms with E-state index < -0.39 is 0 Å². The minimum atomic E-state index is 0. The maximum absolute atomic E-state index is 4.85. The Hall–Kier alpha value is -2.37. The van der Waals surface area contributed by atoms with Crippen molar-refractivity contribution in [2.45, 2.75) is 58.3 Å². The Bertz CT molecular complexity index is 943. The van der Waals surface area contributed by atoms with Gasteiger partial charge in [-0.3, -0.25) is 0 Å². The van der Waals surface area contributed by atoms with Crippen LogP contribution in [0.25, 0.3) is 11.3 Å². The van der Waals surface area contributed by atoms with Crippen LogP contribution in [0.5, 0.6) is 0 Å². The van der Waals surface area contributed by atoms with E-state index in [1.165, 1.54) is 20.9 Å². The molecule has 0 radical (unpaired) electrons. The Morgan fingerprint density at radius 3 is 2.29 bits per heavy atom. The lowest BCUT2D eigenvalue weighted by molar-refractivity contribution is 0.654. The Morgan fingerprint density at radius 1 is 1.10 bits per heavy atom. The van der Waals surface area contributed by atoms with Gasteiger partial charge in [0.1, 0.15) is 5.84 Å². The molecule has 0 unspecified atom stereocenters. The molecular formula is C26H35N3S2. The number of nitrogens with one attached hydrogen (secondary N) is 1. The number of amidine groups is 1. The van der Waals surface area contributed by atoms with E-state index in [-0.39, 0.29) is 7.43 Å². The third-order valence-corrected chi connectivity index (χ3v) is 5.98. The third kappa shape index (κ3) is 8.35. The first-order valence-electron chi connectivity index (χ1n) is 10.3. The van der Waals surface area contributed by atoms with E-state index in [2.05, 4.69) is 79.3 Å². The average molecular weight is 454 g/mol. The zero-order valence-electron chi connectivity index (χ0n) is 18.5. The summed E-state index contributed by atoms with van der Waals surface area (Å²) < 4.78 is 0. The summed E-state index contributed by atoms with van der Waals surface area (Å²) in [7, 11) is 0. The van der Waals surface area contributed by atoms with Gasteiger partial charge in [-0.2, -0.15) is 0 Å². The van der Waals surface area contributed by atoms with Crippen LogP contribution in [-0.4, -0.2) is 10.8 Å². The Labute approximate surface area is 196 Å². The van der Waals surface area contributed by atoms with Crippen molar-refractivity contribution in [1.29, 1.82) is 0 Å². The van der Waals surface area contributed by atoms with E-state index in [0.29, 0.717) is 5.92 Å². The van der Waals surface area contributed by atoms with Gasteiger partial charge in [0, 0.05) is 26.4 Å². The molecule has 0 spiro atoms. The van der Waals surface area contributed by atoms with Gasteiger partial charge in [0.05, 0.1) is 5.69 Å². The minimum Gasteiger partial charge on any atom is -0.320 e. The highest BCUT2D eigenvalue weighted by molar-refractivity contribution is 7.99. The molecule has 1 aromatic heterocycles. The Kier molecular flexibility index (Phi) is 11.9. The van der Waals surface area contributed by atoms with E-state index in [0.717, 1.165) is 28.6 Å². The van der Waals surface area contributed by atoms with Gasteiger partial charge >= 0.3 is 0 Å². The van der Waals surface area contributed by atoms with Crippen LogP contribution in [0.15, 0.2) is 82.2 Å². The number of hydrogen-bond donors (Lipinski definition) is 1. The third-order valence-electron chi connectivity index (χ3n) is 3.97. The van der Waals surface area contributed by atoms with Crippen molar-refractivity contribution in [3.63, 3.8) is 0 Å². The first-order chi connectivity index (χ1) is 14.5. The second-order valence-corrected chi connectivity index (χ2v) is 9.08. The highest BCUT2D eigenvalue weighted by Crippen LogP contribution is 2.35. The molecule has 0 atom stereocenters. The van der Waals surface area contributed by atoms with Gasteiger partial charge in [-0.15, -0.1) is 11.3 Å². The fraction of sp³-hybridized carbons (Fsp3) is 0.308. The van der Waals surface area contributed by atoms with Gasteiger partial charge in [-0.1, -0.05) is 83.8 Å². The van der Waals surface area contributed by atoms with E-state index in [4.69, 9.17) is 4.98 Å². The van der Waals surface area contributed by atoms with Crippen molar-refractivity contribution in [2.24, 2.45) is 10.9 Å². The number of nitrogens with zero attached hydrogens (tertiary/aromatic N) is 2. The molecule has 0 aliphatic rings. The van der Waals surface area contributed by atoms with Crippen LogP contribution < -0.4 is 5.32 Å². The number of thiazole rings is 1. The van der Waals surface area contributed by atoms with Crippen molar-refractivity contribution < 1.29 is 0 Å². The smallest absolute Gasteiger partial charge is 0.188 e. The summed E-state index contributed by atoms with van der Waals surface area (Å²) in [5.41, 5.74) is 2.21. The number of hydrogen-bond acceptors (Lipinski definition) is 4. The molecule has 3 nitrogen and oxygen atoms in total. The largest absolute Gasteiger partial charge is 0.320 e. The normalized spacial score (nSPS) is 10.7. The van der Waals surface area contributed by atoms with Crippen molar-refractivity contribution >= 4 is 34.1 Å². The minimum absolute atomic E-state index is 0. The predicted octanol–water partition coefficient (Wildman–Crippen LogP) is 8.80. The zero-order chi connectivity index (χ0) is 21.9. The molecule has 0 fully saturated rings. The van der Waals surface area contributed by atoms with Crippen molar-refractivity contribution in [3.05, 3.63) is 72.3 Å². The van der Waals surface area contributed by atoms with E-state index >= 15 is 0 Å². The molecule has 0 saturated carbocycles. The number of rotatable bonds is 7. The molecule has 5 heteroatoms. The average Bonchev–Trinajstić information content (AvgIpc) is 3.12. The molecule has 1 heterocycles. The fourth-order valence-electron chi connectivity index (χ4n) is 2.77. The molecule has 0 aliphatic heterocycles. The summed E-state index contributed by atoms with van der Waals surface area (Å²) in [6.45, 7) is 14.0. The van der Waals surface area contributed by atoms with Crippen molar-refractivity contribution in [1.82, 2.24) is 4.98 Å². The standard InChI is InChI=1S/C23H25N3S2.C2H6.CH4/c1-5-24-17(4)25-23-26-22(21(28-23)15-16(2)3)18-11-13-20(14-12-18)27-19-9-7-6-8-10-19;1-2;/h5-14,16H,1,15H2,2-4H3,(H,24,25,26);1-2H3;1H4. The van der Waals surface area contributed by atoms with Crippen molar-refractivity contribution in [3.8, 4) is 11.3 Å². The van der Waals surface area contributed by atoms with Gasteiger partial charge in [-0.25, -0.2) is 9.98 Å². The van der Waals surface area contributed by atoms with Gasteiger partial charge in [0.2, 0.25) is 0 Å². The number of aromatic nitrogens is 1. The summed E-state index contributed by atoms with van der Waals surface area (Å²) >= 11 is 3.47. The second-order valence-electron chi connectivity index (χ2n) is 6.85. The topological polar surface area (TPSA) is 37.3 Å². The molecule has 3 aromatic rings. The molecule has 0 saturated heterocycles. The van der Waals surface area contributed by atoms with Gasteiger partial charge in [-0.05, 0) is 43.5 Å². The Balaban J connectivity index is 0.00000156. The fourth-order valence-corrected chi connectivity index (χ4v) is 4.85. The maximum atomic E-state index is 4.85. The molecule has 166 valence electrons. The molecule has 2 aromatic carbocycles. The van der Waals surface area contributed by atoms with Crippen LogP contribution in [0.1, 0.15) is 46.9 Å². The SMILES string of the molecule is C.C=CN=C(C)Nc1nc(-c2ccc(Sc3ccccc3)cc2)c(CC(C)C)s1.CC. The molecular weight excluding hydrogens is 418 g/mol. The lowest BCUT2D eigenvalue weighted by Crippen LogP contribution is -2.05. The van der Waals surface area contributed by atoms with Gasteiger partial charge in [0.15, 0.2) is 5.13 Å². The summed E-state index contributed by atoms with van der Waals surface area (Å²) in [5.74, 6) is 1.36. The number of aliphatic imine (C=N–C) groups is 1. The van der Waals surface area contributed by atoms with Crippen LogP contribution >= 0.6 is 23.1 Å². The molecule has 31 heavy (non-hydrogen) atoms. The van der Waals surface area contributed by atoms with Gasteiger partial charge < -0.3 is 5.32 Å². The highest BCUT2D eigenvalue weighted by atomic mass is 32.2. The van der Waals surface area contributed by atoms with Crippen molar-refractivity contribution in [2.75, 3.05) is 5.32 Å². The van der Waals surface area contributed by atoms with Crippen LogP contribution in [0, 0.1) is 5.92 Å². The molecule has 3 rings (SSSR count). The van der Waals surface area contributed by atoms with E-state index in [1.54, 1.807) is 23.1 Å². The summed E-state index contributed by atoms with van der Waals surface area (Å²) in [6.07, 6.45) is 2.54. The lowest BCUT2D eigenvalue weighted by Gasteiger charge is -2.06. The summed E-state index contributed by atoms with van der Waals surface area (Å²) in [6, 6.07) is 19.1. The summed E-state index contributed by atoms with van der Waals surface area (Å²) in [5, 5.41) is 4.14. The maximum Gasteiger partial charge on any atom is 0.188 e. The van der Waals surface area contributed by atoms with Gasteiger partial charge in [0.25, 0.3) is 0 Å². The number of anilines is 1. The Morgan fingerprint density at radius 2 is 1.71 bits per heavy atom. The predicted molar refractivity (Wildman–Crippen MR) is 142 cm³/mol. The molecule has 0 aliphatic carbocycles. The molecule has 0 amide bonds. The van der Waals surface area contributed by atoms with Crippen LogP contribution in [0.2, 0.25) is 0 Å². The quantitative estimate of drug-likeness (QED) is 0.287. The second kappa shape index (κ2) is 13.8. The highest BCUT2D eigenvalue weighted by Gasteiger charge is 2.15. The zero-order valence-corrected chi connectivity index (χ0v) is 20.1. The molecule has 0 bridgehead atoms. The summed E-state index contributed by atoms with van der Waals surface area (Å²) in [4.78, 5) is 12.8. The van der Waals surface area contributed by atoms with Crippen LogP contribution in [0.4, 0.5) is 5.13 Å². The number of benzene rings is 2. The van der Waals surface area contributed by atoms with E-state index in [1.807, 2.05) is 26.8 Å². The van der Waals surface area contributed by atoms with Crippen LogP contribution in [-0.2, 0) is 6.42 Å². The van der Waals surface area contributed by atoms with Crippen LogP contribution in [0.3, 0.4) is 0 Å². The molecule has 1 N–H and O–H groups in total. The van der Waals surface area contributed by atoms with E-state index in [9.17, 15) is 0 Å². The monoisotopic (exact) mass is 453 g/mol. The first kappa shape index (κ1) is 26.7.